The number of carbonyl (C=O) groups excluding carboxylic acids is 1. The van der Waals surface area contributed by atoms with Crippen molar-refractivity contribution in [3.63, 3.8) is 0 Å². The van der Waals surface area contributed by atoms with Gasteiger partial charge in [0.25, 0.3) is 0 Å². The number of ether oxygens (including phenoxy) is 6. The highest BCUT2D eigenvalue weighted by molar-refractivity contribution is 5.76. The number of aliphatic hydroxyl groups excluding tert-OH is 11. The molecule has 0 bridgehead atoms. The number of hydrogen-bond donors (Lipinski definition) is 12. The Balaban J connectivity index is 1.30. The molecule has 99 heavy (non-hydrogen) atoms. The van der Waals surface area contributed by atoms with E-state index in [0.29, 0.717) is 6.42 Å². The summed E-state index contributed by atoms with van der Waals surface area (Å²) in [6.45, 7) is 1.61. The summed E-state index contributed by atoms with van der Waals surface area (Å²) in [5.74, 6) is -0.278. The number of carbonyl (C=O) groups is 1. The third kappa shape index (κ3) is 40.3. The highest BCUT2D eigenvalue weighted by Gasteiger charge is 2.53. The average Bonchev–Trinajstić information content (AvgIpc) is 0.785. The van der Waals surface area contributed by atoms with Crippen molar-refractivity contribution in [1.29, 1.82) is 0 Å². The fourth-order valence-corrected chi connectivity index (χ4v) is 12.4. The molecule has 12 N–H and O–H groups in total. The van der Waals surface area contributed by atoms with Crippen molar-refractivity contribution in [2.45, 2.75) is 362 Å². The zero-order valence-electron chi connectivity index (χ0n) is 60.7. The molecule has 3 aliphatic rings. The summed E-state index contributed by atoms with van der Waals surface area (Å²) < 4.78 is 34.4. The van der Waals surface area contributed by atoms with Gasteiger partial charge in [0.05, 0.1) is 38.6 Å². The topological polar surface area (TPSA) is 307 Å². The lowest BCUT2D eigenvalue weighted by Crippen LogP contribution is -2.66. The molecule has 17 atom stereocenters. The van der Waals surface area contributed by atoms with Gasteiger partial charge in [-0.15, -0.1) is 0 Å². The van der Waals surface area contributed by atoms with E-state index in [-0.39, 0.29) is 18.9 Å². The van der Waals surface area contributed by atoms with E-state index in [1.165, 1.54) is 135 Å². The predicted octanol–water partition coefficient (Wildman–Crippen LogP) is 12.2. The summed E-state index contributed by atoms with van der Waals surface area (Å²) in [6, 6.07) is -0.977. The first-order valence-corrected chi connectivity index (χ1v) is 38.6. The lowest BCUT2D eigenvalue weighted by Gasteiger charge is -2.48. The third-order valence-corrected chi connectivity index (χ3v) is 18.6. The number of aliphatic hydroxyl groups is 11. The first-order valence-electron chi connectivity index (χ1n) is 38.6. The van der Waals surface area contributed by atoms with Crippen LogP contribution in [0.1, 0.15) is 258 Å². The molecule has 3 saturated heterocycles. The zero-order valence-corrected chi connectivity index (χ0v) is 60.7. The van der Waals surface area contributed by atoms with Crippen molar-refractivity contribution in [2.24, 2.45) is 0 Å². The number of nitrogens with one attached hydrogen (secondary N) is 1. The summed E-state index contributed by atoms with van der Waals surface area (Å²) in [5.41, 5.74) is 0. The number of unbranched alkanes of at least 4 members (excludes halogenated alkanes) is 27. The Morgan fingerprint density at radius 1 is 0.374 bits per heavy atom. The maximum absolute atomic E-state index is 13.4. The van der Waals surface area contributed by atoms with Gasteiger partial charge in [0.1, 0.15) is 73.2 Å². The lowest BCUT2D eigenvalue weighted by molar-refractivity contribution is -0.379. The molecule has 3 aliphatic heterocycles. The average molecular weight is 1400 g/mol. The molecule has 0 aromatic carbocycles. The predicted molar refractivity (Wildman–Crippen MR) is 392 cm³/mol. The molecule has 1 amide bonds. The Bertz CT molecular complexity index is 2220. The Morgan fingerprint density at radius 3 is 1.09 bits per heavy atom. The smallest absolute Gasteiger partial charge is 0.220 e. The van der Waals surface area contributed by atoms with Gasteiger partial charge < -0.3 is 89.9 Å². The fourth-order valence-electron chi connectivity index (χ4n) is 12.4. The van der Waals surface area contributed by atoms with E-state index in [2.05, 4.69) is 116 Å². The van der Waals surface area contributed by atoms with Crippen molar-refractivity contribution in [3.05, 3.63) is 109 Å². The second kappa shape index (κ2) is 59.8. The highest BCUT2D eigenvalue weighted by Crippen LogP contribution is 2.33. The van der Waals surface area contributed by atoms with Gasteiger partial charge in [0, 0.05) is 6.42 Å². The van der Waals surface area contributed by atoms with Gasteiger partial charge >= 0.3 is 0 Å². The first kappa shape index (κ1) is 89.7. The third-order valence-electron chi connectivity index (χ3n) is 18.6. The van der Waals surface area contributed by atoms with Crippen LogP contribution in [0.2, 0.25) is 0 Å². The minimum Gasteiger partial charge on any atom is -0.394 e. The van der Waals surface area contributed by atoms with E-state index < -0.39 is 124 Å². The van der Waals surface area contributed by atoms with Gasteiger partial charge in [-0.2, -0.15) is 0 Å². The van der Waals surface area contributed by atoms with E-state index in [1.807, 2.05) is 6.08 Å². The molecular weight excluding hydrogens is 1260 g/mol. The van der Waals surface area contributed by atoms with Gasteiger partial charge in [0.2, 0.25) is 5.91 Å². The second-order valence-corrected chi connectivity index (χ2v) is 27.1. The minimum absolute atomic E-state index is 0.239. The Kier molecular flexibility index (Phi) is 54.2. The molecule has 0 spiro atoms. The second-order valence-electron chi connectivity index (χ2n) is 27.1. The molecule has 19 heteroatoms. The quantitative estimate of drug-likeness (QED) is 0.0199. The zero-order chi connectivity index (χ0) is 71.8. The Hall–Kier alpha value is -3.55. The van der Waals surface area contributed by atoms with Crippen LogP contribution in [-0.2, 0) is 33.2 Å². The maximum atomic E-state index is 13.4. The molecule has 3 fully saturated rings. The van der Waals surface area contributed by atoms with Gasteiger partial charge in [-0.1, -0.05) is 277 Å². The van der Waals surface area contributed by atoms with Crippen LogP contribution < -0.4 is 5.32 Å². The van der Waals surface area contributed by atoms with Gasteiger partial charge in [-0.05, 0) is 83.5 Å². The number of allylic oxidation sites excluding steroid dienone is 17. The van der Waals surface area contributed by atoms with Crippen molar-refractivity contribution >= 4 is 5.91 Å². The lowest BCUT2D eigenvalue weighted by atomic mass is 9.96. The van der Waals surface area contributed by atoms with Gasteiger partial charge in [0.15, 0.2) is 18.9 Å². The van der Waals surface area contributed by atoms with Gasteiger partial charge in [-0.3, -0.25) is 4.79 Å². The summed E-state index contributed by atoms with van der Waals surface area (Å²) in [4.78, 5) is 13.4. The molecule has 19 nitrogen and oxygen atoms in total. The highest BCUT2D eigenvalue weighted by atomic mass is 16.8. The van der Waals surface area contributed by atoms with Crippen LogP contribution in [0.5, 0.6) is 0 Å². The van der Waals surface area contributed by atoms with Crippen LogP contribution >= 0.6 is 0 Å². The number of hydrogen-bond acceptors (Lipinski definition) is 18. The molecule has 3 rings (SSSR count). The summed E-state index contributed by atoms with van der Waals surface area (Å²) >= 11 is 0. The van der Waals surface area contributed by atoms with Crippen LogP contribution in [0, 0.1) is 0 Å². The molecule has 3 heterocycles. The van der Waals surface area contributed by atoms with Crippen molar-refractivity contribution in [2.75, 3.05) is 26.4 Å². The number of rotatable bonds is 59. The maximum Gasteiger partial charge on any atom is 0.220 e. The normalized spacial score (nSPS) is 27.2. The van der Waals surface area contributed by atoms with Gasteiger partial charge in [-0.25, -0.2) is 0 Å². The summed E-state index contributed by atoms with van der Waals surface area (Å²) in [7, 11) is 0. The van der Waals surface area contributed by atoms with Crippen molar-refractivity contribution in [1.82, 2.24) is 5.32 Å². The van der Waals surface area contributed by atoms with E-state index in [1.54, 1.807) is 6.08 Å². The SMILES string of the molecule is CC/C=C\C/C=C\C/C=C\C/C=C\C/C=C\C/C=C\C/C=C\C/C=C\CCCCCCCCCCCCCCCCCCC(=O)NC(COC1OC(CO)C(OC2OC(CO)C(OC3OC(CO)C(O)C(O)C3O)C(O)C2O)C(O)C1O)C(O)/C=C/CCCCCCCCCCCCC. The molecule has 570 valence electrons. The minimum atomic E-state index is -1.98. The molecule has 0 saturated carbocycles. The Labute approximate surface area is 595 Å². The molecule has 0 radical (unpaired) electrons. The molecule has 0 aliphatic carbocycles. The van der Waals surface area contributed by atoms with Crippen LogP contribution in [0.15, 0.2) is 109 Å². The number of amides is 1. The molecular formula is C80H137NO18. The summed E-state index contributed by atoms with van der Waals surface area (Å²) in [6.07, 6.45) is 55.2. The van der Waals surface area contributed by atoms with Crippen LogP contribution in [0.3, 0.4) is 0 Å². The van der Waals surface area contributed by atoms with E-state index >= 15 is 0 Å². The Morgan fingerprint density at radius 2 is 0.697 bits per heavy atom. The van der Waals surface area contributed by atoms with Crippen LogP contribution in [0.4, 0.5) is 0 Å². The largest absolute Gasteiger partial charge is 0.394 e. The fraction of sp³-hybridized carbons (Fsp3) is 0.762. The van der Waals surface area contributed by atoms with E-state index in [9.17, 15) is 61.0 Å². The van der Waals surface area contributed by atoms with E-state index in [0.717, 1.165) is 96.3 Å². The monoisotopic (exact) mass is 1400 g/mol. The standard InChI is InChI=1S/C80H137NO18/c1-3-5-7-9-11-13-15-17-18-19-20-21-22-23-24-25-26-27-28-29-30-31-32-33-34-35-36-37-38-39-40-41-42-43-44-46-48-50-52-54-56-58-68(86)81-63(64(85)57-55-53-51-49-47-45-16-14-12-10-8-6-4-2)62-94-78-74(92)71(89)76(66(60-83)96-78)99-80-75(93)72(90)77(67(61-84)97-80)98-79-73(91)70(88)69(87)65(59-82)95-79/h5,7,11,13,17-18,20-21,23-24,26-27,29-30,32-33,55,57,63-67,69-80,82-85,87-93H,3-4,6,8-10,12,14-16,19,22,25,28,31,34-54,56,58-62H2,1-2H3,(H,81,86)/b7-5-,13-11-,18-17-,21-20-,24-23-,27-26-,30-29-,33-32-,57-55+. The van der Waals surface area contributed by atoms with Crippen LogP contribution in [0.25, 0.3) is 0 Å². The molecule has 0 aromatic heterocycles. The first-order chi connectivity index (χ1) is 48.3. The summed E-state index contributed by atoms with van der Waals surface area (Å²) in [5, 5.41) is 121. The van der Waals surface area contributed by atoms with Crippen LogP contribution in [-0.4, -0.2) is 193 Å². The van der Waals surface area contributed by atoms with E-state index in [4.69, 9.17) is 28.4 Å². The van der Waals surface area contributed by atoms with Crippen molar-refractivity contribution < 1.29 is 89.4 Å². The molecule has 0 aromatic rings. The molecule has 17 unspecified atom stereocenters. The van der Waals surface area contributed by atoms with Crippen molar-refractivity contribution in [3.8, 4) is 0 Å².